The average molecular weight is 295 g/mol. The number of aromatic nitrogens is 2. The minimum atomic E-state index is 0.819. The van der Waals surface area contributed by atoms with Gasteiger partial charge in [0.2, 0.25) is 0 Å². The van der Waals surface area contributed by atoms with E-state index in [-0.39, 0.29) is 0 Å². The summed E-state index contributed by atoms with van der Waals surface area (Å²) in [6.45, 7) is 6.39. The van der Waals surface area contributed by atoms with Crippen molar-refractivity contribution in [2.45, 2.75) is 24.3 Å². The van der Waals surface area contributed by atoms with Gasteiger partial charge in [-0.15, -0.1) is 11.8 Å². The molecule has 2 heterocycles. The maximum atomic E-state index is 5.52. The Balaban J connectivity index is 1.76. The first kappa shape index (κ1) is 15.5. The second-order valence-electron chi connectivity index (χ2n) is 5.10. The van der Waals surface area contributed by atoms with Crippen molar-refractivity contribution in [3.05, 3.63) is 12.4 Å². The predicted molar refractivity (Wildman–Crippen MR) is 85.4 cm³/mol. The minimum absolute atomic E-state index is 0.819. The van der Waals surface area contributed by atoms with Crippen molar-refractivity contribution in [1.29, 1.82) is 0 Å². The second-order valence-corrected chi connectivity index (χ2v) is 5.92. The second kappa shape index (κ2) is 8.44. The summed E-state index contributed by atoms with van der Waals surface area (Å²) < 4.78 is 0. The lowest BCUT2D eigenvalue weighted by Crippen LogP contribution is -2.46. The molecule has 0 radical (unpaired) electrons. The number of piperazine rings is 1. The Kier molecular flexibility index (Phi) is 6.56. The average Bonchev–Trinajstić information content (AvgIpc) is 2.52. The highest BCUT2D eigenvalue weighted by molar-refractivity contribution is 7.98. The van der Waals surface area contributed by atoms with Crippen LogP contribution in [0.4, 0.5) is 5.82 Å². The molecule has 5 nitrogen and oxygen atoms in total. The van der Waals surface area contributed by atoms with E-state index in [1.165, 1.54) is 19.4 Å². The summed E-state index contributed by atoms with van der Waals surface area (Å²) in [5.41, 5.74) is 5.52. The maximum Gasteiger partial charge on any atom is 0.133 e. The molecule has 0 aromatic carbocycles. The van der Waals surface area contributed by atoms with Crippen LogP contribution in [0.1, 0.15) is 19.3 Å². The van der Waals surface area contributed by atoms with Gasteiger partial charge >= 0.3 is 0 Å². The summed E-state index contributed by atoms with van der Waals surface area (Å²) >= 11 is 1.66. The normalized spacial score (nSPS) is 16.6. The van der Waals surface area contributed by atoms with Crippen molar-refractivity contribution < 1.29 is 0 Å². The number of unbranched alkanes of at least 4 members (excludes halogenated alkanes) is 2. The molecular formula is C14H25N5S. The first-order valence-corrected chi connectivity index (χ1v) is 8.59. The van der Waals surface area contributed by atoms with Crippen LogP contribution in [-0.2, 0) is 0 Å². The van der Waals surface area contributed by atoms with Crippen LogP contribution in [0.2, 0.25) is 0 Å². The molecule has 0 bridgehead atoms. The zero-order valence-corrected chi connectivity index (χ0v) is 13.1. The summed E-state index contributed by atoms with van der Waals surface area (Å²) in [4.78, 5) is 13.5. The van der Waals surface area contributed by atoms with Gasteiger partial charge in [0.05, 0.1) is 0 Å². The molecule has 6 heteroatoms. The van der Waals surface area contributed by atoms with Gasteiger partial charge in [-0.1, -0.05) is 6.42 Å². The molecule has 1 fully saturated rings. The maximum absolute atomic E-state index is 5.52. The zero-order valence-electron chi connectivity index (χ0n) is 12.3. The van der Waals surface area contributed by atoms with Crippen molar-refractivity contribution >= 4 is 17.6 Å². The van der Waals surface area contributed by atoms with Gasteiger partial charge in [-0.2, -0.15) is 0 Å². The van der Waals surface area contributed by atoms with Gasteiger partial charge in [0.1, 0.15) is 17.2 Å². The Morgan fingerprint density at radius 1 is 1.15 bits per heavy atom. The van der Waals surface area contributed by atoms with E-state index < -0.39 is 0 Å². The summed E-state index contributed by atoms with van der Waals surface area (Å²) in [6, 6.07) is 2.08. The van der Waals surface area contributed by atoms with Crippen molar-refractivity contribution in [2.24, 2.45) is 5.73 Å². The lowest BCUT2D eigenvalue weighted by Gasteiger charge is -2.35. The van der Waals surface area contributed by atoms with Crippen LogP contribution in [0.3, 0.4) is 0 Å². The van der Waals surface area contributed by atoms with Crippen molar-refractivity contribution in [2.75, 3.05) is 50.4 Å². The fourth-order valence-electron chi connectivity index (χ4n) is 2.47. The van der Waals surface area contributed by atoms with Crippen molar-refractivity contribution in [1.82, 2.24) is 14.9 Å². The van der Waals surface area contributed by atoms with Crippen LogP contribution in [-0.4, -0.2) is 60.4 Å². The molecule has 1 aromatic rings. The van der Waals surface area contributed by atoms with E-state index in [4.69, 9.17) is 5.73 Å². The van der Waals surface area contributed by atoms with Crippen LogP contribution in [0.15, 0.2) is 17.4 Å². The highest BCUT2D eigenvalue weighted by Crippen LogP contribution is 2.18. The van der Waals surface area contributed by atoms with Gasteiger partial charge in [0.25, 0.3) is 0 Å². The van der Waals surface area contributed by atoms with Crippen LogP contribution in [0, 0.1) is 0 Å². The Hall–Kier alpha value is -0.850. The number of hydrogen-bond donors (Lipinski definition) is 1. The monoisotopic (exact) mass is 295 g/mol. The Bertz CT molecular complexity index is 393. The van der Waals surface area contributed by atoms with E-state index in [2.05, 4.69) is 25.8 Å². The van der Waals surface area contributed by atoms with Gasteiger partial charge in [-0.3, -0.25) is 4.90 Å². The van der Waals surface area contributed by atoms with Crippen LogP contribution in [0.25, 0.3) is 0 Å². The Morgan fingerprint density at radius 2 is 1.95 bits per heavy atom. The van der Waals surface area contributed by atoms with E-state index in [1.54, 1.807) is 18.1 Å². The molecule has 0 saturated carbocycles. The van der Waals surface area contributed by atoms with Crippen LogP contribution >= 0.6 is 11.8 Å². The van der Waals surface area contributed by atoms with Crippen molar-refractivity contribution in [3.63, 3.8) is 0 Å². The minimum Gasteiger partial charge on any atom is -0.354 e. The first-order valence-electron chi connectivity index (χ1n) is 7.37. The highest BCUT2D eigenvalue weighted by atomic mass is 32.2. The molecule has 0 amide bonds. The largest absolute Gasteiger partial charge is 0.354 e. The van der Waals surface area contributed by atoms with Gasteiger partial charge in [-0.25, -0.2) is 9.97 Å². The number of hydrogen-bond acceptors (Lipinski definition) is 6. The molecule has 0 atom stereocenters. The third-order valence-corrected chi connectivity index (χ3v) is 4.35. The molecule has 2 N–H and O–H groups in total. The molecule has 0 unspecified atom stereocenters. The van der Waals surface area contributed by atoms with Gasteiger partial charge in [0.15, 0.2) is 0 Å². The number of nitrogens with two attached hydrogens (primary N) is 1. The smallest absolute Gasteiger partial charge is 0.133 e. The molecule has 0 aliphatic carbocycles. The van der Waals surface area contributed by atoms with E-state index in [0.29, 0.717) is 0 Å². The standard InChI is InChI=1S/C14H25N5S/c1-20-14-11-13(16-12-17-14)19-9-7-18(8-10-19)6-4-2-3-5-15/h11-12H,2-10,15H2,1H3. The summed E-state index contributed by atoms with van der Waals surface area (Å²) in [5.74, 6) is 1.06. The zero-order chi connectivity index (χ0) is 14.2. The molecule has 1 aliphatic rings. The van der Waals surface area contributed by atoms with Crippen LogP contribution < -0.4 is 10.6 Å². The topological polar surface area (TPSA) is 58.3 Å². The quantitative estimate of drug-likeness (QED) is 0.467. The number of thioether (sulfide) groups is 1. The molecule has 2 rings (SSSR count). The molecule has 112 valence electrons. The molecule has 0 spiro atoms. The molecule has 1 aliphatic heterocycles. The first-order chi connectivity index (χ1) is 9.83. The highest BCUT2D eigenvalue weighted by Gasteiger charge is 2.17. The van der Waals surface area contributed by atoms with Gasteiger partial charge in [0, 0.05) is 32.2 Å². The summed E-state index contributed by atoms with van der Waals surface area (Å²) in [6.07, 6.45) is 7.38. The number of anilines is 1. The Labute approximate surface area is 125 Å². The summed E-state index contributed by atoms with van der Waals surface area (Å²) in [7, 11) is 0. The third kappa shape index (κ3) is 4.61. The van der Waals surface area contributed by atoms with E-state index in [1.807, 2.05) is 6.26 Å². The molecule has 20 heavy (non-hydrogen) atoms. The molecular weight excluding hydrogens is 270 g/mol. The predicted octanol–water partition coefficient (Wildman–Crippen LogP) is 1.45. The summed E-state index contributed by atoms with van der Waals surface area (Å²) in [5, 5.41) is 1.04. The van der Waals surface area contributed by atoms with E-state index in [9.17, 15) is 0 Å². The van der Waals surface area contributed by atoms with E-state index in [0.717, 1.165) is 50.0 Å². The number of rotatable bonds is 7. The lowest BCUT2D eigenvalue weighted by molar-refractivity contribution is 0.252. The SMILES string of the molecule is CSc1cc(N2CCN(CCCCCN)CC2)ncn1. The molecule has 1 aromatic heterocycles. The van der Waals surface area contributed by atoms with Crippen molar-refractivity contribution in [3.8, 4) is 0 Å². The third-order valence-electron chi connectivity index (χ3n) is 3.71. The van der Waals surface area contributed by atoms with E-state index >= 15 is 0 Å². The van der Waals surface area contributed by atoms with Crippen LogP contribution in [0.5, 0.6) is 0 Å². The fourth-order valence-corrected chi connectivity index (χ4v) is 2.85. The lowest BCUT2D eigenvalue weighted by atomic mass is 10.2. The van der Waals surface area contributed by atoms with Gasteiger partial charge in [-0.05, 0) is 32.2 Å². The van der Waals surface area contributed by atoms with Gasteiger partial charge < -0.3 is 10.6 Å². The number of nitrogens with zero attached hydrogens (tertiary/aromatic N) is 4. The Morgan fingerprint density at radius 3 is 2.65 bits per heavy atom. The fraction of sp³-hybridized carbons (Fsp3) is 0.714. The molecule has 1 saturated heterocycles.